The summed E-state index contributed by atoms with van der Waals surface area (Å²) < 4.78 is 0. The van der Waals surface area contributed by atoms with Gasteiger partial charge in [-0.05, 0) is 12.5 Å². The second kappa shape index (κ2) is 6.67. The zero-order valence-corrected chi connectivity index (χ0v) is 9.77. The molecule has 94 valence electrons. The molecule has 0 radical (unpaired) electrons. The number of aromatic amines is 1. The molecule has 0 aliphatic carbocycles. The lowest BCUT2D eigenvalue weighted by Crippen LogP contribution is -2.37. The van der Waals surface area contributed by atoms with Crippen LogP contribution in [-0.4, -0.2) is 33.2 Å². The van der Waals surface area contributed by atoms with Crippen LogP contribution in [-0.2, 0) is 16.0 Å². The highest BCUT2D eigenvalue weighted by molar-refractivity contribution is 5.79. The van der Waals surface area contributed by atoms with Crippen molar-refractivity contribution in [1.82, 2.24) is 15.5 Å². The van der Waals surface area contributed by atoms with E-state index < -0.39 is 5.97 Å². The van der Waals surface area contributed by atoms with Crippen molar-refractivity contribution in [3.05, 3.63) is 18.0 Å². The zero-order chi connectivity index (χ0) is 12.7. The molecular formula is C11H17N3O3. The molecule has 0 saturated carbocycles. The Kier molecular flexibility index (Phi) is 5.19. The number of carboxylic acids is 1. The van der Waals surface area contributed by atoms with Gasteiger partial charge in [-0.25, -0.2) is 0 Å². The van der Waals surface area contributed by atoms with E-state index in [0.717, 1.165) is 6.42 Å². The maximum Gasteiger partial charge on any atom is 0.305 e. The Labute approximate surface area is 99.4 Å². The molecule has 17 heavy (non-hydrogen) atoms. The largest absolute Gasteiger partial charge is 0.481 e. The van der Waals surface area contributed by atoms with Crippen LogP contribution in [0.1, 0.15) is 31.9 Å². The van der Waals surface area contributed by atoms with Crippen LogP contribution in [0.15, 0.2) is 12.3 Å². The Balaban J connectivity index is 2.43. The Hall–Kier alpha value is -1.85. The number of nitrogens with zero attached hydrogens (tertiary/aromatic N) is 1. The maximum atomic E-state index is 11.6. The molecule has 0 saturated heterocycles. The highest BCUT2D eigenvalue weighted by atomic mass is 16.4. The quantitative estimate of drug-likeness (QED) is 0.653. The molecule has 1 aromatic rings. The molecule has 0 aliphatic rings. The van der Waals surface area contributed by atoms with Crippen LogP contribution in [0.25, 0.3) is 0 Å². The summed E-state index contributed by atoms with van der Waals surface area (Å²) in [6.07, 6.45) is 3.23. The standard InChI is InChI=1S/C11H17N3O3/c1-2-3-8(7-11(16)17)13-10(15)6-9-4-5-12-14-9/h4-5,8H,2-3,6-7H2,1H3,(H,12,14)(H,13,15)(H,16,17). The van der Waals surface area contributed by atoms with E-state index >= 15 is 0 Å². The van der Waals surface area contributed by atoms with Gasteiger partial charge >= 0.3 is 5.97 Å². The lowest BCUT2D eigenvalue weighted by Gasteiger charge is -2.15. The third-order valence-corrected chi connectivity index (χ3v) is 2.33. The SMILES string of the molecule is CCCC(CC(=O)O)NC(=O)Cc1ccn[nH]1. The number of carboxylic acid groups (broad SMARTS) is 1. The first kappa shape index (κ1) is 13.2. The molecule has 0 aliphatic heterocycles. The minimum Gasteiger partial charge on any atom is -0.481 e. The van der Waals surface area contributed by atoms with Gasteiger partial charge in [0.05, 0.1) is 12.8 Å². The number of hydrogen-bond acceptors (Lipinski definition) is 3. The van der Waals surface area contributed by atoms with Crippen molar-refractivity contribution in [2.24, 2.45) is 0 Å². The third kappa shape index (κ3) is 5.14. The summed E-state index contributed by atoms with van der Waals surface area (Å²) in [5.74, 6) is -1.08. The van der Waals surface area contributed by atoms with Gasteiger partial charge in [0.1, 0.15) is 0 Å². The highest BCUT2D eigenvalue weighted by Crippen LogP contribution is 2.03. The molecule has 1 aromatic heterocycles. The van der Waals surface area contributed by atoms with E-state index in [9.17, 15) is 9.59 Å². The van der Waals surface area contributed by atoms with E-state index in [1.807, 2.05) is 6.92 Å². The maximum absolute atomic E-state index is 11.6. The lowest BCUT2D eigenvalue weighted by molar-refractivity contribution is -0.137. The molecule has 3 N–H and O–H groups in total. The van der Waals surface area contributed by atoms with Crippen LogP contribution in [0.4, 0.5) is 0 Å². The van der Waals surface area contributed by atoms with Crippen molar-refractivity contribution in [3.8, 4) is 0 Å². The van der Waals surface area contributed by atoms with Crippen LogP contribution in [0.5, 0.6) is 0 Å². The number of H-pyrrole nitrogens is 1. The van der Waals surface area contributed by atoms with Gasteiger partial charge < -0.3 is 10.4 Å². The smallest absolute Gasteiger partial charge is 0.305 e. The average Bonchev–Trinajstić information content (AvgIpc) is 2.69. The number of amides is 1. The molecule has 0 fully saturated rings. The highest BCUT2D eigenvalue weighted by Gasteiger charge is 2.15. The number of carbonyl (C=O) groups is 2. The van der Waals surface area contributed by atoms with Gasteiger partial charge in [-0.15, -0.1) is 0 Å². The van der Waals surface area contributed by atoms with E-state index in [-0.39, 0.29) is 24.8 Å². The van der Waals surface area contributed by atoms with Crippen LogP contribution in [0.2, 0.25) is 0 Å². The molecule has 1 rings (SSSR count). The lowest BCUT2D eigenvalue weighted by atomic mass is 10.1. The van der Waals surface area contributed by atoms with Gasteiger partial charge in [0.2, 0.25) is 5.91 Å². The minimum absolute atomic E-state index is 0.0391. The number of aromatic nitrogens is 2. The number of nitrogens with one attached hydrogen (secondary N) is 2. The predicted octanol–water partition coefficient (Wildman–Crippen LogP) is 0.712. The first-order valence-electron chi connectivity index (χ1n) is 5.61. The van der Waals surface area contributed by atoms with Crippen molar-refractivity contribution in [2.75, 3.05) is 0 Å². The number of rotatable bonds is 7. The van der Waals surface area contributed by atoms with E-state index in [1.54, 1.807) is 12.3 Å². The molecule has 0 bridgehead atoms. The molecular weight excluding hydrogens is 222 g/mol. The van der Waals surface area contributed by atoms with E-state index in [1.165, 1.54) is 0 Å². The normalized spacial score (nSPS) is 12.1. The Morgan fingerprint density at radius 2 is 2.35 bits per heavy atom. The molecule has 6 nitrogen and oxygen atoms in total. The van der Waals surface area contributed by atoms with Crippen LogP contribution < -0.4 is 5.32 Å². The van der Waals surface area contributed by atoms with Gasteiger partial charge in [-0.3, -0.25) is 14.7 Å². The summed E-state index contributed by atoms with van der Waals surface area (Å²) in [6, 6.07) is 1.42. The van der Waals surface area contributed by atoms with E-state index in [0.29, 0.717) is 12.1 Å². The van der Waals surface area contributed by atoms with Gasteiger partial charge in [-0.1, -0.05) is 13.3 Å². The molecule has 0 aromatic carbocycles. The zero-order valence-electron chi connectivity index (χ0n) is 9.77. The van der Waals surface area contributed by atoms with Crippen molar-refractivity contribution < 1.29 is 14.7 Å². The summed E-state index contributed by atoms with van der Waals surface area (Å²) in [5.41, 5.74) is 0.716. The number of carbonyl (C=O) groups excluding carboxylic acids is 1. The Morgan fingerprint density at radius 1 is 1.59 bits per heavy atom. The number of hydrogen-bond donors (Lipinski definition) is 3. The summed E-state index contributed by atoms with van der Waals surface area (Å²) in [6.45, 7) is 1.95. The molecule has 6 heteroatoms. The third-order valence-electron chi connectivity index (χ3n) is 2.33. The van der Waals surface area contributed by atoms with Gasteiger partial charge in [0.15, 0.2) is 0 Å². The molecule has 1 unspecified atom stereocenters. The van der Waals surface area contributed by atoms with E-state index in [2.05, 4.69) is 15.5 Å². The number of aliphatic carboxylic acids is 1. The average molecular weight is 239 g/mol. The fourth-order valence-electron chi connectivity index (χ4n) is 1.62. The molecule has 1 atom stereocenters. The summed E-state index contributed by atoms with van der Waals surface area (Å²) in [5, 5.41) is 17.9. The van der Waals surface area contributed by atoms with Crippen molar-refractivity contribution in [2.45, 2.75) is 38.6 Å². The first-order chi connectivity index (χ1) is 8.11. The summed E-state index contributed by atoms with van der Waals surface area (Å²) in [7, 11) is 0. The van der Waals surface area contributed by atoms with Crippen LogP contribution >= 0.6 is 0 Å². The first-order valence-corrected chi connectivity index (χ1v) is 5.61. The molecule has 1 heterocycles. The van der Waals surface area contributed by atoms with Gasteiger partial charge in [-0.2, -0.15) is 5.10 Å². The summed E-state index contributed by atoms with van der Waals surface area (Å²) >= 11 is 0. The van der Waals surface area contributed by atoms with Crippen molar-refractivity contribution >= 4 is 11.9 Å². The van der Waals surface area contributed by atoms with Gasteiger partial charge in [0.25, 0.3) is 0 Å². The fourth-order valence-corrected chi connectivity index (χ4v) is 1.62. The Morgan fingerprint density at radius 3 is 2.88 bits per heavy atom. The van der Waals surface area contributed by atoms with Crippen molar-refractivity contribution in [1.29, 1.82) is 0 Å². The summed E-state index contributed by atoms with van der Waals surface area (Å²) in [4.78, 5) is 22.2. The van der Waals surface area contributed by atoms with Crippen LogP contribution in [0, 0.1) is 0 Å². The topological polar surface area (TPSA) is 95.1 Å². The monoisotopic (exact) mass is 239 g/mol. The van der Waals surface area contributed by atoms with Crippen LogP contribution in [0.3, 0.4) is 0 Å². The molecule has 1 amide bonds. The second-order valence-corrected chi connectivity index (χ2v) is 3.91. The fraction of sp³-hybridized carbons (Fsp3) is 0.545. The minimum atomic E-state index is -0.898. The van der Waals surface area contributed by atoms with Crippen molar-refractivity contribution in [3.63, 3.8) is 0 Å². The Bertz CT molecular complexity index is 362. The molecule has 0 spiro atoms. The predicted molar refractivity (Wildman–Crippen MR) is 61.4 cm³/mol. The van der Waals surface area contributed by atoms with E-state index in [4.69, 9.17) is 5.11 Å². The van der Waals surface area contributed by atoms with Gasteiger partial charge in [0, 0.05) is 17.9 Å². The second-order valence-electron chi connectivity index (χ2n) is 3.91.